The molecule has 0 aliphatic heterocycles. The van der Waals surface area contributed by atoms with Crippen molar-refractivity contribution in [2.24, 2.45) is 0 Å². The van der Waals surface area contributed by atoms with E-state index in [0.717, 1.165) is 25.0 Å². The number of hydrogen-bond donors (Lipinski definition) is 1. The van der Waals surface area contributed by atoms with Crippen molar-refractivity contribution in [2.75, 3.05) is 0 Å². The van der Waals surface area contributed by atoms with E-state index >= 15 is 0 Å². The van der Waals surface area contributed by atoms with E-state index in [-0.39, 0.29) is 23.1 Å². The summed E-state index contributed by atoms with van der Waals surface area (Å²) >= 11 is 0. The molecule has 1 N–H and O–H groups in total. The number of nitrogens with zero attached hydrogens (tertiary/aromatic N) is 2. The van der Waals surface area contributed by atoms with Gasteiger partial charge in [0.05, 0.1) is 21.7 Å². The van der Waals surface area contributed by atoms with Crippen LogP contribution in [-0.4, -0.2) is 29.0 Å². The molecule has 0 aliphatic carbocycles. The lowest BCUT2D eigenvalue weighted by atomic mass is 10.1. The molecule has 1 heterocycles. The molecular weight excluding hydrogens is 395 g/mol. The van der Waals surface area contributed by atoms with Gasteiger partial charge in [-0.25, -0.2) is 17.8 Å². The van der Waals surface area contributed by atoms with Crippen LogP contribution in [0, 0.1) is 5.82 Å². The topological polar surface area (TPSA) is 89.3 Å². The highest BCUT2D eigenvalue weighted by molar-refractivity contribution is 7.90. The van der Waals surface area contributed by atoms with E-state index in [1.54, 1.807) is 22.8 Å². The molecule has 0 amide bonds. The molecule has 1 atom stereocenters. The summed E-state index contributed by atoms with van der Waals surface area (Å²) in [7, 11) is -3.64. The van der Waals surface area contributed by atoms with Crippen molar-refractivity contribution in [2.45, 2.75) is 49.8 Å². The van der Waals surface area contributed by atoms with Crippen LogP contribution < -0.4 is 0 Å². The number of carbonyl (C=O) groups is 1. The summed E-state index contributed by atoms with van der Waals surface area (Å²) in [5, 5.41) is 9.28. The zero-order chi connectivity index (χ0) is 21.2. The lowest BCUT2D eigenvalue weighted by molar-refractivity contribution is -0.137. The van der Waals surface area contributed by atoms with E-state index in [1.807, 2.05) is 6.92 Å². The third kappa shape index (κ3) is 4.64. The van der Waals surface area contributed by atoms with Crippen LogP contribution in [0.1, 0.15) is 44.0 Å². The number of rotatable bonds is 8. The second-order valence-corrected chi connectivity index (χ2v) is 9.17. The van der Waals surface area contributed by atoms with Crippen molar-refractivity contribution in [3.8, 4) is 0 Å². The predicted octanol–water partition coefficient (Wildman–Crippen LogP) is 4.14. The smallest absolute Gasteiger partial charge is 0.323 e. The Balaban J connectivity index is 1.99. The molecule has 0 bridgehead atoms. The largest absolute Gasteiger partial charge is 0.480 e. The fourth-order valence-electron chi connectivity index (χ4n) is 3.47. The second-order valence-electron chi connectivity index (χ2n) is 7.18. The van der Waals surface area contributed by atoms with Crippen molar-refractivity contribution in [1.82, 2.24) is 9.55 Å². The van der Waals surface area contributed by atoms with Crippen LogP contribution in [-0.2, 0) is 26.9 Å². The molecule has 3 rings (SSSR count). The number of imidazole rings is 1. The van der Waals surface area contributed by atoms with Gasteiger partial charge in [0.25, 0.3) is 0 Å². The average molecular weight is 418 g/mol. The molecule has 1 unspecified atom stereocenters. The number of aliphatic carboxylic acids is 1. The van der Waals surface area contributed by atoms with Crippen LogP contribution in [0.25, 0.3) is 11.0 Å². The van der Waals surface area contributed by atoms with Crippen molar-refractivity contribution in [3.63, 3.8) is 0 Å². The molecule has 0 radical (unpaired) electrons. The Morgan fingerprint density at radius 3 is 2.52 bits per heavy atom. The number of fused-ring (bicyclic) bond motifs is 1. The van der Waals surface area contributed by atoms with Crippen LogP contribution in [0.5, 0.6) is 0 Å². The molecule has 29 heavy (non-hydrogen) atoms. The minimum absolute atomic E-state index is 0.0488. The van der Waals surface area contributed by atoms with Gasteiger partial charge < -0.3 is 9.67 Å². The van der Waals surface area contributed by atoms with E-state index in [9.17, 15) is 22.7 Å². The molecule has 1 aromatic heterocycles. The first-order valence-electron chi connectivity index (χ1n) is 9.40. The molecule has 0 fully saturated rings. The number of sulfone groups is 1. The Bertz CT molecular complexity index is 1140. The summed E-state index contributed by atoms with van der Waals surface area (Å²) in [4.78, 5) is 16.0. The average Bonchev–Trinajstić information content (AvgIpc) is 2.99. The Kier molecular flexibility index (Phi) is 6.02. The summed E-state index contributed by atoms with van der Waals surface area (Å²) in [6.07, 6.45) is 1.81. The van der Waals surface area contributed by atoms with Gasteiger partial charge in [0.2, 0.25) is 0 Å². The van der Waals surface area contributed by atoms with Crippen LogP contribution in [0.3, 0.4) is 0 Å². The Hall–Kier alpha value is -2.74. The number of carboxylic acids is 1. The Morgan fingerprint density at radius 2 is 1.90 bits per heavy atom. The van der Waals surface area contributed by atoms with E-state index in [0.29, 0.717) is 22.4 Å². The Morgan fingerprint density at radius 1 is 1.21 bits per heavy atom. The summed E-state index contributed by atoms with van der Waals surface area (Å²) in [5.74, 6) is -0.943. The third-order valence-electron chi connectivity index (χ3n) is 4.83. The molecule has 3 aromatic rings. The van der Waals surface area contributed by atoms with Gasteiger partial charge in [-0.2, -0.15) is 0 Å². The molecule has 0 saturated heterocycles. The highest BCUT2D eigenvalue weighted by Gasteiger charge is 2.20. The highest BCUT2D eigenvalue weighted by atomic mass is 32.2. The van der Waals surface area contributed by atoms with E-state index in [2.05, 4.69) is 11.9 Å². The normalized spacial score (nSPS) is 12.9. The zero-order valence-electron chi connectivity index (χ0n) is 16.3. The van der Waals surface area contributed by atoms with Crippen LogP contribution in [0.15, 0.2) is 47.4 Å². The first-order chi connectivity index (χ1) is 13.7. The number of carboxylic acid groups (broad SMARTS) is 1. The van der Waals surface area contributed by atoms with Crippen molar-refractivity contribution in [3.05, 3.63) is 59.7 Å². The number of hydrogen-bond acceptors (Lipinski definition) is 4. The molecule has 154 valence electrons. The maximum atomic E-state index is 13.1. The SMILES string of the molecule is CCCC(C)c1nc2cc(CS(=O)(=O)c3ccc(F)cc3)ccc2n1CC(=O)O. The van der Waals surface area contributed by atoms with E-state index in [1.165, 1.54) is 12.1 Å². The predicted molar refractivity (Wildman–Crippen MR) is 108 cm³/mol. The van der Waals surface area contributed by atoms with E-state index < -0.39 is 21.6 Å². The van der Waals surface area contributed by atoms with Crippen LogP contribution >= 0.6 is 0 Å². The quantitative estimate of drug-likeness (QED) is 0.556. The Labute approximate surface area is 168 Å². The summed E-state index contributed by atoms with van der Waals surface area (Å²) in [5.41, 5.74) is 1.76. The maximum absolute atomic E-state index is 13.1. The number of benzene rings is 2. The van der Waals surface area contributed by atoms with Crippen molar-refractivity contribution >= 4 is 26.8 Å². The highest BCUT2D eigenvalue weighted by Crippen LogP contribution is 2.27. The van der Waals surface area contributed by atoms with Gasteiger partial charge in [0.1, 0.15) is 18.2 Å². The van der Waals surface area contributed by atoms with E-state index in [4.69, 9.17) is 0 Å². The first-order valence-corrected chi connectivity index (χ1v) is 11.1. The van der Waals surface area contributed by atoms with Crippen molar-refractivity contribution in [1.29, 1.82) is 0 Å². The van der Waals surface area contributed by atoms with Gasteiger partial charge in [0, 0.05) is 5.92 Å². The van der Waals surface area contributed by atoms with Crippen LogP contribution in [0.4, 0.5) is 4.39 Å². The molecular formula is C21H23FN2O4S. The van der Waals surface area contributed by atoms with Gasteiger partial charge in [-0.3, -0.25) is 4.79 Å². The summed E-state index contributed by atoms with van der Waals surface area (Å²) in [6, 6.07) is 9.78. The lowest BCUT2D eigenvalue weighted by Gasteiger charge is -2.12. The van der Waals surface area contributed by atoms with Gasteiger partial charge in [-0.1, -0.05) is 26.3 Å². The molecule has 8 heteroatoms. The number of halogens is 1. The summed E-state index contributed by atoms with van der Waals surface area (Å²) in [6.45, 7) is 3.86. The van der Waals surface area contributed by atoms with Gasteiger partial charge in [-0.15, -0.1) is 0 Å². The van der Waals surface area contributed by atoms with Gasteiger partial charge in [0.15, 0.2) is 9.84 Å². The first kappa shape index (κ1) is 21.0. The lowest BCUT2D eigenvalue weighted by Crippen LogP contribution is -2.13. The second kappa shape index (κ2) is 8.32. The third-order valence-corrected chi connectivity index (χ3v) is 6.53. The molecule has 0 saturated carbocycles. The summed E-state index contributed by atoms with van der Waals surface area (Å²) < 4.78 is 40.0. The molecule has 6 nitrogen and oxygen atoms in total. The minimum atomic E-state index is -3.64. The number of aromatic nitrogens is 2. The van der Waals surface area contributed by atoms with Gasteiger partial charge in [-0.05, 0) is 48.4 Å². The minimum Gasteiger partial charge on any atom is -0.480 e. The molecule has 0 aliphatic rings. The fourth-order valence-corrected chi connectivity index (χ4v) is 4.80. The fraction of sp³-hybridized carbons (Fsp3) is 0.333. The monoisotopic (exact) mass is 418 g/mol. The molecule has 0 spiro atoms. The standard InChI is InChI=1S/C21H23FN2O4S/c1-3-4-14(2)21-23-18-11-15(5-10-19(18)24(21)12-20(25)26)13-29(27,28)17-8-6-16(22)7-9-17/h5-11,14H,3-4,12-13H2,1-2H3,(H,25,26). The zero-order valence-corrected chi connectivity index (χ0v) is 17.1. The van der Waals surface area contributed by atoms with Crippen molar-refractivity contribution < 1.29 is 22.7 Å². The molecule has 2 aromatic carbocycles. The van der Waals surface area contributed by atoms with Crippen LogP contribution in [0.2, 0.25) is 0 Å². The maximum Gasteiger partial charge on any atom is 0.323 e. The van der Waals surface area contributed by atoms with Gasteiger partial charge >= 0.3 is 5.97 Å².